The average molecular weight is 486 g/mol. The van der Waals surface area contributed by atoms with Crippen LogP contribution in [0, 0.1) is 0 Å². The minimum absolute atomic E-state index is 0.0649. The molecule has 4 rings (SSSR count). The van der Waals surface area contributed by atoms with Crippen molar-refractivity contribution in [2.75, 3.05) is 33.9 Å². The first-order valence-corrected chi connectivity index (χ1v) is 11.0. The number of ether oxygens (including phenoxy) is 3. The summed E-state index contributed by atoms with van der Waals surface area (Å²) in [7, 11) is 3.13. The number of methoxy groups -OCH3 is 2. The Morgan fingerprint density at radius 1 is 1.15 bits per heavy atom. The van der Waals surface area contributed by atoms with Gasteiger partial charge in [-0.3, -0.25) is 9.69 Å². The highest BCUT2D eigenvalue weighted by Crippen LogP contribution is 2.35. The Bertz CT molecular complexity index is 1150. The molecular weight excluding hydrogens is 462 g/mol. The summed E-state index contributed by atoms with van der Waals surface area (Å²) in [5, 5.41) is 6.15. The normalized spacial score (nSPS) is 17.1. The van der Waals surface area contributed by atoms with E-state index >= 15 is 0 Å². The second kappa shape index (κ2) is 10.0. The largest absolute Gasteiger partial charge is 0.493 e. The smallest absolute Gasteiger partial charge is 0.338 e. The van der Waals surface area contributed by atoms with Crippen LogP contribution in [0.15, 0.2) is 53.7 Å². The van der Waals surface area contributed by atoms with Crippen molar-refractivity contribution in [2.24, 2.45) is 0 Å². The summed E-state index contributed by atoms with van der Waals surface area (Å²) in [6, 6.07) is 11.2. The van der Waals surface area contributed by atoms with E-state index < -0.39 is 18.0 Å². The third-order valence-electron chi connectivity index (χ3n) is 5.69. The molecule has 0 aromatic heterocycles. The number of halogens is 1. The van der Waals surface area contributed by atoms with Gasteiger partial charge >= 0.3 is 12.0 Å². The number of hydrogen-bond donors (Lipinski definition) is 2. The first-order chi connectivity index (χ1) is 16.4. The summed E-state index contributed by atoms with van der Waals surface area (Å²) in [6.07, 6.45) is 0.562. The number of amides is 3. The van der Waals surface area contributed by atoms with Crippen molar-refractivity contribution in [3.8, 4) is 11.5 Å². The van der Waals surface area contributed by atoms with Gasteiger partial charge in [0.15, 0.2) is 11.5 Å². The molecule has 2 heterocycles. The van der Waals surface area contributed by atoms with E-state index in [4.69, 9.17) is 25.8 Å². The van der Waals surface area contributed by atoms with E-state index in [2.05, 4.69) is 10.6 Å². The van der Waals surface area contributed by atoms with Gasteiger partial charge in [0.05, 0.1) is 31.5 Å². The SMILES string of the molecule is COc1ccc(CCNC(=O)CN2C(=O)N[C@H](c3ccc(Cl)cc3)C3=C2COC3=O)cc1OC. The summed E-state index contributed by atoms with van der Waals surface area (Å²) in [6.45, 7) is 0.0592. The van der Waals surface area contributed by atoms with Gasteiger partial charge in [0.2, 0.25) is 5.91 Å². The van der Waals surface area contributed by atoms with Crippen molar-refractivity contribution in [1.29, 1.82) is 0 Å². The van der Waals surface area contributed by atoms with Crippen LogP contribution in [-0.2, 0) is 20.7 Å². The highest BCUT2D eigenvalue weighted by Gasteiger charge is 2.42. The van der Waals surface area contributed by atoms with Crippen molar-refractivity contribution >= 4 is 29.5 Å². The van der Waals surface area contributed by atoms with Crippen molar-refractivity contribution < 1.29 is 28.6 Å². The van der Waals surface area contributed by atoms with Crippen LogP contribution in [0.1, 0.15) is 17.2 Å². The molecule has 0 saturated heterocycles. The quantitative estimate of drug-likeness (QED) is 0.557. The fraction of sp³-hybridized carbons (Fsp3) is 0.292. The molecular formula is C24H24ClN3O6. The number of cyclic esters (lactones) is 1. The van der Waals surface area contributed by atoms with Gasteiger partial charge in [-0.05, 0) is 41.8 Å². The Morgan fingerprint density at radius 2 is 1.88 bits per heavy atom. The molecule has 3 amide bonds. The van der Waals surface area contributed by atoms with Gasteiger partial charge < -0.3 is 24.8 Å². The van der Waals surface area contributed by atoms with Crippen molar-refractivity contribution in [2.45, 2.75) is 12.5 Å². The summed E-state index contributed by atoms with van der Waals surface area (Å²) in [4.78, 5) is 39.1. The number of nitrogens with zero attached hydrogens (tertiary/aromatic N) is 1. The summed E-state index contributed by atoms with van der Waals surface area (Å²) < 4.78 is 15.7. The third-order valence-corrected chi connectivity index (χ3v) is 5.94. The zero-order valence-corrected chi connectivity index (χ0v) is 19.5. The molecule has 2 aliphatic heterocycles. The van der Waals surface area contributed by atoms with Crippen LogP contribution in [0.2, 0.25) is 5.02 Å². The van der Waals surface area contributed by atoms with Crippen LogP contribution < -0.4 is 20.1 Å². The number of urea groups is 1. The van der Waals surface area contributed by atoms with E-state index in [9.17, 15) is 14.4 Å². The molecule has 0 fully saturated rings. The number of carbonyl (C=O) groups is 3. The van der Waals surface area contributed by atoms with Crippen molar-refractivity contribution in [1.82, 2.24) is 15.5 Å². The molecule has 178 valence electrons. The molecule has 34 heavy (non-hydrogen) atoms. The molecule has 0 radical (unpaired) electrons. The Kier molecular flexibility index (Phi) is 6.93. The molecule has 10 heteroatoms. The standard InChI is InChI=1S/C24H24ClN3O6/c1-32-18-8-3-14(11-19(18)33-2)9-10-26-20(29)12-28-17-13-34-23(30)21(17)22(27-24(28)31)15-4-6-16(25)7-5-15/h3-8,11,22H,9-10,12-13H2,1-2H3,(H,26,29)(H,27,31)/t22-/m1/s1. The predicted molar refractivity (Wildman–Crippen MR) is 124 cm³/mol. The lowest BCUT2D eigenvalue weighted by molar-refractivity contribution is -0.136. The number of esters is 1. The number of nitrogens with one attached hydrogen (secondary N) is 2. The maximum absolute atomic E-state index is 12.8. The second-order valence-electron chi connectivity index (χ2n) is 7.75. The second-order valence-corrected chi connectivity index (χ2v) is 8.18. The van der Waals surface area contributed by atoms with Crippen molar-refractivity contribution in [3.05, 3.63) is 69.9 Å². The lowest BCUT2D eigenvalue weighted by atomic mass is 9.96. The Hall–Kier alpha value is -3.72. The molecule has 2 N–H and O–H groups in total. The zero-order chi connectivity index (χ0) is 24.2. The Morgan fingerprint density at radius 3 is 2.59 bits per heavy atom. The van der Waals surface area contributed by atoms with Crippen LogP contribution in [-0.4, -0.2) is 56.7 Å². The molecule has 0 saturated carbocycles. The summed E-state index contributed by atoms with van der Waals surface area (Å²) >= 11 is 5.95. The fourth-order valence-corrected chi connectivity index (χ4v) is 4.09. The van der Waals surface area contributed by atoms with Crippen LogP contribution in [0.3, 0.4) is 0 Å². The lowest BCUT2D eigenvalue weighted by Gasteiger charge is -2.32. The van der Waals surface area contributed by atoms with E-state index in [1.807, 2.05) is 12.1 Å². The van der Waals surface area contributed by atoms with Gasteiger partial charge in [0.1, 0.15) is 13.2 Å². The average Bonchev–Trinajstić information content (AvgIpc) is 3.22. The fourth-order valence-electron chi connectivity index (χ4n) is 3.97. The van der Waals surface area contributed by atoms with E-state index in [1.54, 1.807) is 44.6 Å². The monoisotopic (exact) mass is 485 g/mol. The van der Waals surface area contributed by atoms with Crippen LogP contribution in [0.4, 0.5) is 4.79 Å². The third kappa shape index (κ3) is 4.79. The minimum atomic E-state index is -0.667. The van der Waals surface area contributed by atoms with E-state index in [1.165, 1.54) is 4.90 Å². The number of rotatable bonds is 8. The number of carbonyl (C=O) groups excluding carboxylic acids is 3. The number of benzene rings is 2. The van der Waals surface area contributed by atoms with Gasteiger partial charge in [-0.2, -0.15) is 0 Å². The van der Waals surface area contributed by atoms with E-state index in [0.29, 0.717) is 46.3 Å². The summed E-state index contributed by atoms with van der Waals surface area (Å²) in [5.41, 5.74) is 2.37. The maximum Gasteiger partial charge on any atom is 0.338 e. The zero-order valence-electron chi connectivity index (χ0n) is 18.7. The molecule has 1 atom stereocenters. The Labute approximate surface area is 201 Å². The van der Waals surface area contributed by atoms with Crippen LogP contribution in [0.5, 0.6) is 11.5 Å². The topological polar surface area (TPSA) is 106 Å². The highest BCUT2D eigenvalue weighted by molar-refractivity contribution is 6.30. The van der Waals surface area contributed by atoms with Gasteiger partial charge in [-0.15, -0.1) is 0 Å². The van der Waals surface area contributed by atoms with Gasteiger partial charge in [-0.1, -0.05) is 29.8 Å². The molecule has 0 aliphatic carbocycles. The predicted octanol–water partition coefficient (Wildman–Crippen LogP) is 2.59. The maximum atomic E-state index is 12.8. The van der Waals surface area contributed by atoms with Crippen LogP contribution >= 0.6 is 11.6 Å². The van der Waals surface area contributed by atoms with E-state index in [-0.39, 0.29) is 19.1 Å². The molecule has 0 unspecified atom stereocenters. The molecule has 2 aromatic carbocycles. The molecule has 2 aromatic rings. The van der Waals surface area contributed by atoms with E-state index in [0.717, 1.165) is 5.56 Å². The van der Waals surface area contributed by atoms with Crippen LogP contribution in [0.25, 0.3) is 0 Å². The molecule has 2 aliphatic rings. The van der Waals surface area contributed by atoms with Crippen molar-refractivity contribution in [3.63, 3.8) is 0 Å². The molecule has 0 bridgehead atoms. The first kappa shape index (κ1) is 23.4. The number of hydrogen-bond acceptors (Lipinski definition) is 6. The molecule has 9 nitrogen and oxygen atoms in total. The minimum Gasteiger partial charge on any atom is -0.493 e. The summed E-state index contributed by atoms with van der Waals surface area (Å²) in [5.74, 6) is 0.359. The molecule has 0 spiro atoms. The first-order valence-electron chi connectivity index (χ1n) is 10.6. The highest BCUT2D eigenvalue weighted by atomic mass is 35.5. The lowest BCUT2D eigenvalue weighted by Crippen LogP contribution is -2.50. The van der Waals surface area contributed by atoms with Gasteiger partial charge in [0.25, 0.3) is 0 Å². The van der Waals surface area contributed by atoms with Gasteiger partial charge in [-0.25, -0.2) is 9.59 Å². The van der Waals surface area contributed by atoms with Gasteiger partial charge in [0, 0.05) is 11.6 Å². The Balaban J connectivity index is 1.42.